The summed E-state index contributed by atoms with van der Waals surface area (Å²) in [5, 5.41) is 4.23. The highest BCUT2D eigenvalue weighted by Crippen LogP contribution is 2.27. The summed E-state index contributed by atoms with van der Waals surface area (Å²) in [6.45, 7) is 3.05. The van der Waals surface area contributed by atoms with Crippen LogP contribution >= 0.6 is 11.6 Å². The van der Waals surface area contributed by atoms with Gasteiger partial charge in [-0.2, -0.15) is 0 Å². The molecule has 2 heterocycles. The summed E-state index contributed by atoms with van der Waals surface area (Å²) in [4.78, 5) is 27.3. The van der Waals surface area contributed by atoms with Crippen LogP contribution in [0.15, 0.2) is 63.8 Å². The second-order valence-electron chi connectivity index (χ2n) is 6.88. The van der Waals surface area contributed by atoms with Gasteiger partial charge < -0.3 is 14.5 Å². The molecule has 1 N–H and O–H groups in total. The Balaban J connectivity index is 1.57. The van der Waals surface area contributed by atoms with Crippen molar-refractivity contribution in [2.45, 2.75) is 6.04 Å². The monoisotopic (exact) mass is 412 g/mol. The van der Waals surface area contributed by atoms with Crippen molar-refractivity contribution in [1.82, 2.24) is 10.2 Å². The first-order valence-corrected chi connectivity index (χ1v) is 9.88. The van der Waals surface area contributed by atoms with E-state index in [1.807, 2.05) is 30.3 Å². The fourth-order valence-electron chi connectivity index (χ4n) is 3.58. The minimum atomic E-state index is -0.651. The number of carbonyl (C=O) groups is 1. The summed E-state index contributed by atoms with van der Waals surface area (Å²) in [6.07, 6.45) is 0. The van der Waals surface area contributed by atoms with Crippen molar-refractivity contribution in [1.29, 1.82) is 0 Å². The lowest BCUT2D eigenvalue weighted by Crippen LogP contribution is -2.44. The Morgan fingerprint density at radius 1 is 1.10 bits per heavy atom. The largest absolute Gasteiger partial charge is 0.422 e. The number of carbonyl (C=O) groups excluding carboxylic acids is 1. The number of morpholine rings is 1. The topological polar surface area (TPSA) is 71.8 Å². The molecule has 1 fully saturated rings. The molecule has 1 atom stereocenters. The quantitative estimate of drug-likeness (QED) is 0.651. The van der Waals surface area contributed by atoms with E-state index in [0.717, 1.165) is 18.7 Å². The van der Waals surface area contributed by atoms with Crippen LogP contribution in [0.2, 0.25) is 5.02 Å². The molecule has 0 unspecified atom stereocenters. The smallest absolute Gasteiger partial charge is 0.349 e. The molecule has 0 bridgehead atoms. The lowest BCUT2D eigenvalue weighted by atomic mass is 10.0. The Kier molecular flexibility index (Phi) is 5.94. The minimum Gasteiger partial charge on any atom is -0.422 e. The SMILES string of the molecule is O=C(NC[C@H](c1ccccc1Cl)N1CCOCC1)c1cc2ccccc2oc1=O. The van der Waals surface area contributed by atoms with Gasteiger partial charge in [-0.3, -0.25) is 9.69 Å². The predicted octanol–water partition coefficient (Wildman–Crippen LogP) is 3.25. The van der Waals surface area contributed by atoms with Gasteiger partial charge in [0.2, 0.25) is 0 Å². The number of benzene rings is 2. The van der Waals surface area contributed by atoms with Crippen molar-refractivity contribution in [2.75, 3.05) is 32.8 Å². The highest BCUT2D eigenvalue weighted by Gasteiger charge is 2.25. The number of nitrogens with one attached hydrogen (secondary N) is 1. The Morgan fingerprint density at radius 2 is 1.83 bits per heavy atom. The lowest BCUT2D eigenvalue weighted by molar-refractivity contribution is 0.0162. The summed E-state index contributed by atoms with van der Waals surface area (Å²) in [7, 11) is 0. The summed E-state index contributed by atoms with van der Waals surface area (Å²) in [6, 6.07) is 16.1. The summed E-state index contributed by atoms with van der Waals surface area (Å²) >= 11 is 6.43. The van der Waals surface area contributed by atoms with Crippen molar-refractivity contribution in [2.24, 2.45) is 0 Å². The molecule has 1 amide bonds. The van der Waals surface area contributed by atoms with Crippen molar-refractivity contribution in [3.63, 3.8) is 0 Å². The predicted molar refractivity (Wildman–Crippen MR) is 111 cm³/mol. The number of hydrogen-bond acceptors (Lipinski definition) is 5. The fourth-order valence-corrected chi connectivity index (χ4v) is 3.84. The van der Waals surface area contributed by atoms with Crippen LogP contribution in [-0.2, 0) is 4.74 Å². The average Bonchev–Trinajstić information content (AvgIpc) is 2.75. The molecule has 2 aromatic carbocycles. The minimum absolute atomic E-state index is 0.0106. The van der Waals surface area contributed by atoms with Gasteiger partial charge in [-0.15, -0.1) is 0 Å². The number of rotatable bonds is 5. The molecule has 150 valence electrons. The van der Waals surface area contributed by atoms with Gasteiger partial charge in [-0.1, -0.05) is 48.0 Å². The van der Waals surface area contributed by atoms with Gasteiger partial charge in [-0.05, 0) is 23.8 Å². The van der Waals surface area contributed by atoms with Crippen molar-refractivity contribution >= 4 is 28.5 Å². The molecule has 3 aromatic rings. The highest BCUT2D eigenvalue weighted by molar-refractivity contribution is 6.31. The number of nitrogens with zero attached hydrogens (tertiary/aromatic N) is 1. The van der Waals surface area contributed by atoms with Crippen molar-refractivity contribution in [3.05, 3.63) is 81.2 Å². The third-order valence-electron chi connectivity index (χ3n) is 5.09. The molecule has 1 aromatic heterocycles. The van der Waals surface area contributed by atoms with Gasteiger partial charge in [0.25, 0.3) is 5.91 Å². The average molecular weight is 413 g/mol. The summed E-state index contributed by atoms with van der Waals surface area (Å²) in [5.74, 6) is -0.463. The van der Waals surface area contributed by atoms with Crippen LogP contribution in [0.5, 0.6) is 0 Å². The zero-order valence-corrected chi connectivity index (χ0v) is 16.5. The van der Waals surface area contributed by atoms with E-state index < -0.39 is 11.5 Å². The second-order valence-corrected chi connectivity index (χ2v) is 7.29. The summed E-state index contributed by atoms with van der Waals surface area (Å²) < 4.78 is 10.7. The van der Waals surface area contributed by atoms with Gasteiger partial charge in [0.1, 0.15) is 11.1 Å². The third kappa shape index (κ3) is 4.34. The Bertz CT molecular complexity index is 1080. The van der Waals surface area contributed by atoms with E-state index in [-0.39, 0.29) is 11.6 Å². The van der Waals surface area contributed by atoms with Crippen LogP contribution in [0.3, 0.4) is 0 Å². The highest BCUT2D eigenvalue weighted by atomic mass is 35.5. The molecule has 6 nitrogen and oxygen atoms in total. The number of amides is 1. The molecular weight excluding hydrogens is 392 g/mol. The molecule has 0 aliphatic carbocycles. The maximum atomic E-state index is 12.8. The zero-order chi connectivity index (χ0) is 20.2. The van der Waals surface area contributed by atoms with E-state index in [1.165, 1.54) is 0 Å². The Labute approximate surface area is 173 Å². The molecule has 1 aliphatic rings. The maximum absolute atomic E-state index is 12.8. The van der Waals surface area contributed by atoms with Gasteiger partial charge >= 0.3 is 5.63 Å². The van der Waals surface area contributed by atoms with Gasteiger partial charge in [0.15, 0.2) is 0 Å². The number of ether oxygens (including phenoxy) is 1. The number of hydrogen-bond donors (Lipinski definition) is 1. The van der Waals surface area contributed by atoms with Gasteiger partial charge in [0, 0.05) is 30.0 Å². The standard InChI is InChI=1S/C22H21ClN2O4/c23-18-7-3-2-6-16(18)19(25-9-11-28-12-10-25)14-24-21(26)17-13-15-5-1-4-8-20(15)29-22(17)27/h1-8,13,19H,9-12,14H2,(H,24,26)/t19-/m1/s1. The van der Waals surface area contributed by atoms with Crippen LogP contribution in [0, 0.1) is 0 Å². The van der Waals surface area contributed by atoms with E-state index in [4.69, 9.17) is 20.8 Å². The molecule has 1 saturated heterocycles. The summed E-state index contributed by atoms with van der Waals surface area (Å²) in [5.41, 5.74) is 0.726. The molecule has 0 spiro atoms. The van der Waals surface area contributed by atoms with E-state index in [0.29, 0.717) is 35.8 Å². The Hall–Kier alpha value is -2.67. The third-order valence-corrected chi connectivity index (χ3v) is 5.44. The number of fused-ring (bicyclic) bond motifs is 1. The van der Waals surface area contributed by atoms with Crippen molar-refractivity contribution < 1.29 is 13.9 Å². The van der Waals surface area contributed by atoms with Crippen LogP contribution in [0.25, 0.3) is 11.0 Å². The second kappa shape index (κ2) is 8.78. The molecule has 29 heavy (non-hydrogen) atoms. The van der Waals surface area contributed by atoms with Crippen molar-refractivity contribution in [3.8, 4) is 0 Å². The number of para-hydroxylation sites is 1. The molecular formula is C22H21ClN2O4. The van der Waals surface area contributed by atoms with Crippen LogP contribution in [0.4, 0.5) is 0 Å². The first-order valence-electron chi connectivity index (χ1n) is 9.51. The lowest BCUT2D eigenvalue weighted by Gasteiger charge is -2.35. The Morgan fingerprint density at radius 3 is 2.62 bits per heavy atom. The van der Waals surface area contributed by atoms with Crippen LogP contribution in [0.1, 0.15) is 22.0 Å². The van der Waals surface area contributed by atoms with E-state index >= 15 is 0 Å². The van der Waals surface area contributed by atoms with Crippen LogP contribution < -0.4 is 10.9 Å². The molecule has 7 heteroatoms. The zero-order valence-electron chi connectivity index (χ0n) is 15.8. The fraction of sp³-hybridized carbons (Fsp3) is 0.273. The van der Waals surface area contributed by atoms with Gasteiger partial charge in [-0.25, -0.2) is 4.79 Å². The molecule has 0 saturated carbocycles. The van der Waals surface area contributed by atoms with E-state index in [2.05, 4.69) is 10.2 Å². The van der Waals surface area contributed by atoms with E-state index in [1.54, 1.807) is 24.3 Å². The normalized spacial score (nSPS) is 15.9. The molecule has 0 radical (unpaired) electrons. The molecule has 1 aliphatic heterocycles. The maximum Gasteiger partial charge on any atom is 0.349 e. The number of halogens is 1. The van der Waals surface area contributed by atoms with Crippen LogP contribution in [-0.4, -0.2) is 43.7 Å². The molecule has 4 rings (SSSR count). The first-order chi connectivity index (χ1) is 14.1. The first kappa shape index (κ1) is 19.6. The van der Waals surface area contributed by atoms with E-state index in [9.17, 15) is 9.59 Å². The van der Waals surface area contributed by atoms with Gasteiger partial charge in [0.05, 0.1) is 19.3 Å².